The van der Waals surface area contributed by atoms with Crippen LogP contribution in [0.2, 0.25) is 0 Å². The van der Waals surface area contributed by atoms with Gasteiger partial charge in [-0.15, -0.1) is 0 Å². The lowest BCUT2D eigenvalue weighted by atomic mass is 10.1. The Kier molecular flexibility index (Phi) is 4.36. The second kappa shape index (κ2) is 5.80. The van der Waals surface area contributed by atoms with Crippen LogP contribution in [0.5, 0.6) is 0 Å². The van der Waals surface area contributed by atoms with Crippen molar-refractivity contribution in [3.05, 3.63) is 0 Å². The quantitative estimate of drug-likeness (QED) is 0.726. The van der Waals surface area contributed by atoms with Gasteiger partial charge in [0.15, 0.2) is 0 Å². The molecule has 0 bridgehead atoms. The Labute approximate surface area is 102 Å². The van der Waals surface area contributed by atoms with E-state index < -0.39 is 5.97 Å². The van der Waals surface area contributed by atoms with Crippen LogP contribution in [-0.2, 0) is 9.53 Å². The average molecular weight is 242 g/mol. The molecule has 0 aromatic heterocycles. The van der Waals surface area contributed by atoms with E-state index in [9.17, 15) is 4.79 Å². The van der Waals surface area contributed by atoms with Crippen LogP contribution < -0.4 is 5.32 Å². The van der Waals surface area contributed by atoms with Gasteiger partial charge in [-0.3, -0.25) is 9.69 Å². The van der Waals surface area contributed by atoms with Gasteiger partial charge in [-0.1, -0.05) is 0 Å². The summed E-state index contributed by atoms with van der Waals surface area (Å²) in [6.07, 6.45) is 2.92. The molecule has 5 heteroatoms. The van der Waals surface area contributed by atoms with Crippen molar-refractivity contribution in [2.75, 3.05) is 26.2 Å². The standard InChI is InChI=1S/C12H22N2O3/c1-9(5-12(15)16)13-6-11-7-14-4-2-3-10(14)8-17-11/h9-11,13H,2-8H2,1H3,(H,15,16). The molecule has 2 N–H and O–H groups in total. The number of morpholine rings is 1. The molecule has 2 aliphatic heterocycles. The first kappa shape index (κ1) is 12.8. The van der Waals surface area contributed by atoms with Gasteiger partial charge < -0.3 is 15.2 Å². The summed E-state index contributed by atoms with van der Waals surface area (Å²) in [6.45, 7) is 5.65. The summed E-state index contributed by atoms with van der Waals surface area (Å²) >= 11 is 0. The molecule has 2 saturated heterocycles. The lowest BCUT2D eigenvalue weighted by Gasteiger charge is -2.35. The van der Waals surface area contributed by atoms with Gasteiger partial charge in [0.05, 0.1) is 19.1 Å². The zero-order valence-corrected chi connectivity index (χ0v) is 10.4. The molecule has 2 aliphatic rings. The van der Waals surface area contributed by atoms with E-state index in [4.69, 9.17) is 9.84 Å². The van der Waals surface area contributed by atoms with E-state index in [1.165, 1.54) is 19.4 Å². The van der Waals surface area contributed by atoms with Crippen LogP contribution in [0.3, 0.4) is 0 Å². The molecule has 0 radical (unpaired) electrons. The summed E-state index contributed by atoms with van der Waals surface area (Å²) in [4.78, 5) is 13.0. The Hall–Kier alpha value is -0.650. The number of carbonyl (C=O) groups is 1. The number of ether oxygens (including phenoxy) is 1. The zero-order valence-electron chi connectivity index (χ0n) is 10.4. The molecule has 3 atom stereocenters. The number of hydrogen-bond donors (Lipinski definition) is 2. The first-order valence-corrected chi connectivity index (χ1v) is 6.46. The Morgan fingerprint density at radius 3 is 3.24 bits per heavy atom. The third-order valence-electron chi connectivity index (χ3n) is 3.64. The van der Waals surface area contributed by atoms with Crippen molar-refractivity contribution in [1.29, 1.82) is 0 Å². The fourth-order valence-corrected chi connectivity index (χ4v) is 2.68. The first-order chi connectivity index (χ1) is 8.15. The summed E-state index contributed by atoms with van der Waals surface area (Å²) in [5, 5.41) is 11.9. The molecule has 17 heavy (non-hydrogen) atoms. The number of carboxylic acids is 1. The highest BCUT2D eigenvalue weighted by Crippen LogP contribution is 2.22. The summed E-state index contributed by atoms with van der Waals surface area (Å²) in [6, 6.07) is 0.634. The Bertz CT molecular complexity index is 272. The fraction of sp³-hybridized carbons (Fsp3) is 0.917. The van der Waals surface area contributed by atoms with Crippen molar-refractivity contribution in [2.45, 2.75) is 44.4 Å². The van der Waals surface area contributed by atoms with Crippen LogP contribution >= 0.6 is 0 Å². The minimum Gasteiger partial charge on any atom is -0.481 e. The Morgan fingerprint density at radius 2 is 2.47 bits per heavy atom. The number of fused-ring (bicyclic) bond motifs is 1. The molecule has 0 aromatic carbocycles. The van der Waals surface area contributed by atoms with Crippen LogP contribution in [0, 0.1) is 0 Å². The fourth-order valence-electron chi connectivity index (χ4n) is 2.68. The second-order valence-corrected chi connectivity index (χ2v) is 5.15. The average Bonchev–Trinajstić information content (AvgIpc) is 2.72. The van der Waals surface area contributed by atoms with Crippen molar-refractivity contribution in [3.63, 3.8) is 0 Å². The smallest absolute Gasteiger partial charge is 0.304 e. The van der Waals surface area contributed by atoms with E-state index in [0.29, 0.717) is 6.04 Å². The number of rotatable bonds is 5. The van der Waals surface area contributed by atoms with Crippen LogP contribution in [0.15, 0.2) is 0 Å². The topological polar surface area (TPSA) is 61.8 Å². The molecule has 3 unspecified atom stereocenters. The summed E-state index contributed by atoms with van der Waals surface area (Å²) < 4.78 is 5.80. The Morgan fingerprint density at radius 1 is 1.65 bits per heavy atom. The minimum atomic E-state index is -0.755. The monoisotopic (exact) mass is 242 g/mol. The van der Waals surface area contributed by atoms with Gasteiger partial charge >= 0.3 is 5.97 Å². The minimum absolute atomic E-state index is 0.00685. The molecule has 0 aliphatic carbocycles. The van der Waals surface area contributed by atoms with Gasteiger partial charge in [-0.25, -0.2) is 0 Å². The van der Waals surface area contributed by atoms with Crippen molar-refractivity contribution in [2.24, 2.45) is 0 Å². The van der Waals surface area contributed by atoms with Crippen molar-refractivity contribution in [3.8, 4) is 0 Å². The molecule has 5 nitrogen and oxygen atoms in total. The number of hydrogen-bond acceptors (Lipinski definition) is 4. The van der Waals surface area contributed by atoms with Gasteiger partial charge in [0, 0.05) is 25.2 Å². The van der Waals surface area contributed by atoms with E-state index in [0.717, 1.165) is 19.7 Å². The summed E-state index contributed by atoms with van der Waals surface area (Å²) in [7, 11) is 0. The zero-order chi connectivity index (χ0) is 12.3. The van der Waals surface area contributed by atoms with Gasteiger partial charge in [0.25, 0.3) is 0 Å². The van der Waals surface area contributed by atoms with E-state index in [1.807, 2.05) is 6.92 Å². The SMILES string of the molecule is CC(CC(=O)O)NCC1CN2CCCC2CO1. The van der Waals surface area contributed by atoms with Gasteiger partial charge in [0.2, 0.25) is 0 Å². The Balaban J connectivity index is 1.68. The van der Waals surface area contributed by atoms with Crippen molar-refractivity contribution < 1.29 is 14.6 Å². The maximum atomic E-state index is 10.5. The van der Waals surface area contributed by atoms with Crippen molar-refractivity contribution >= 4 is 5.97 Å². The van der Waals surface area contributed by atoms with Gasteiger partial charge in [0.1, 0.15) is 0 Å². The molecule has 2 heterocycles. The molecule has 0 aromatic rings. The second-order valence-electron chi connectivity index (χ2n) is 5.15. The highest BCUT2D eigenvalue weighted by atomic mass is 16.5. The number of nitrogens with one attached hydrogen (secondary N) is 1. The van der Waals surface area contributed by atoms with E-state index >= 15 is 0 Å². The summed E-state index contributed by atoms with van der Waals surface area (Å²) in [5.41, 5.74) is 0. The molecule has 2 fully saturated rings. The third-order valence-corrected chi connectivity index (χ3v) is 3.64. The largest absolute Gasteiger partial charge is 0.481 e. The first-order valence-electron chi connectivity index (χ1n) is 6.46. The molecule has 0 amide bonds. The summed E-state index contributed by atoms with van der Waals surface area (Å²) in [5.74, 6) is -0.755. The van der Waals surface area contributed by atoms with E-state index in [-0.39, 0.29) is 18.6 Å². The molecule has 2 rings (SSSR count). The highest BCUT2D eigenvalue weighted by Gasteiger charge is 2.32. The number of aliphatic carboxylic acids is 1. The van der Waals surface area contributed by atoms with E-state index in [1.54, 1.807) is 0 Å². The van der Waals surface area contributed by atoms with Crippen LogP contribution in [0.1, 0.15) is 26.2 Å². The predicted molar refractivity (Wildman–Crippen MR) is 64.1 cm³/mol. The van der Waals surface area contributed by atoms with Crippen LogP contribution in [0.4, 0.5) is 0 Å². The molecular formula is C12H22N2O3. The van der Waals surface area contributed by atoms with Crippen LogP contribution in [-0.4, -0.2) is 60.4 Å². The third kappa shape index (κ3) is 3.66. The number of carboxylic acid groups (broad SMARTS) is 1. The molecular weight excluding hydrogens is 220 g/mol. The lowest BCUT2D eigenvalue weighted by Crippen LogP contribution is -2.50. The van der Waals surface area contributed by atoms with Gasteiger partial charge in [-0.2, -0.15) is 0 Å². The van der Waals surface area contributed by atoms with Gasteiger partial charge in [-0.05, 0) is 26.3 Å². The van der Waals surface area contributed by atoms with E-state index in [2.05, 4.69) is 10.2 Å². The lowest BCUT2D eigenvalue weighted by molar-refractivity contribution is -0.137. The maximum absolute atomic E-state index is 10.5. The number of nitrogens with zero attached hydrogens (tertiary/aromatic N) is 1. The molecule has 0 saturated carbocycles. The maximum Gasteiger partial charge on any atom is 0.304 e. The highest BCUT2D eigenvalue weighted by molar-refractivity contribution is 5.67. The van der Waals surface area contributed by atoms with Crippen molar-refractivity contribution in [1.82, 2.24) is 10.2 Å². The van der Waals surface area contributed by atoms with Crippen LogP contribution in [0.25, 0.3) is 0 Å². The predicted octanol–water partition coefficient (Wildman–Crippen LogP) is 0.302. The normalized spacial score (nSPS) is 31.1. The molecule has 98 valence electrons. The molecule has 0 spiro atoms.